The van der Waals surface area contributed by atoms with E-state index >= 15 is 0 Å². The molecular formula is C11H18N4S. The maximum absolute atomic E-state index is 5.39. The number of nitrogens with zero attached hydrogens (tertiary/aromatic N) is 3. The first-order valence-corrected chi connectivity index (χ1v) is 6.80. The molecule has 2 heterocycles. The van der Waals surface area contributed by atoms with E-state index in [-0.39, 0.29) is 0 Å². The van der Waals surface area contributed by atoms with Crippen molar-refractivity contribution in [1.29, 1.82) is 0 Å². The SMILES string of the molecule is NCC=CCSc1nnc2n1CCCCC2. The van der Waals surface area contributed by atoms with Gasteiger partial charge in [-0.15, -0.1) is 10.2 Å². The number of thioether (sulfide) groups is 1. The van der Waals surface area contributed by atoms with Crippen molar-refractivity contribution >= 4 is 11.8 Å². The van der Waals surface area contributed by atoms with E-state index in [1.807, 2.05) is 6.08 Å². The van der Waals surface area contributed by atoms with E-state index in [0.717, 1.165) is 29.7 Å². The summed E-state index contributed by atoms with van der Waals surface area (Å²) in [7, 11) is 0. The summed E-state index contributed by atoms with van der Waals surface area (Å²) in [4.78, 5) is 0. The van der Waals surface area contributed by atoms with E-state index in [0.29, 0.717) is 6.54 Å². The molecule has 0 amide bonds. The van der Waals surface area contributed by atoms with Gasteiger partial charge in [0.1, 0.15) is 5.82 Å². The molecule has 2 N–H and O–H groups in total. The summed E-state index contributed by atoms with van der Waals surface area (Å²) in [5.41, 5.74) is 5.39. The van der Waals surface area contributed by atoms with Gasteiger partial charge in [0.25, 0.3) is 0 Å². The minimum atomic E-state index is 0.610. The zero-order valence-corrected chi connectivity index (χ0v) is 10.2. The monoisotopic (exact) mass is 238 g/mol. The van der Waals surface area contributed by atoms with E-state index < -0.39 is 0 Å². The highest BCUT2D eigenvalue weighted by molar-refractivity contribution is 7.99. The van der Waals surface area contributed by atoms with Gasteiger partial charge < -0.3 is 10.3 Å². The maximum atomic E-state index is 5.39. The predicted molar refractivity (Wildman–Crippen MR) is 66.5 cm³/mol. The van der Waals surface area contributed by atoms with Crippen molar-refractivity contribution in [2.24, 2.45) is 5.73 Å². The fourth-order valence-electron chi connectivity index (χ4n) is 1.85. The largest absolute Gasteiger partial charge is 0.327 e. The van der Waals surface area contributed by atoms with Gasteiger partial charge in [0.15, 0.2) is 5.16 Å². The van der Waals surface area contributed by atoms with Crippen LogP contribution < -0.4 is 5.73 Å². The van der Waals surface area contributed by atoms with E-state index in [4.69, 9.17) is 5.73 Å². The molecule has 0 saturated heterocycles. The molecule has 5 heteroatoms. The Balaban J connectivity index is 1.99. The van der Waals surface area contributed by atoms with Crippen LogP contribution in [-0.4, -0.2) is 27.1 Å². The zero-order valence-electron chi connectivity index (χ0n) is 9.43. The molecule has 2 rings (SSSR count). The van der Waals surface area contributed by atoms with Crippen LogP contribution in [0.4, 0.5) is 0 Å². The van der Waals surface area contributed by atoms with Crippen molar-refractivity contribution in [2.75, 3.05) is 12.3 Å². The van der Waals surface area contributed by atoms with Crippen LogP contribution in [0.2, 0.25) is 0 Å². The van der Waals surface area contributed by atoms with Gasteiger partial charge in [0, 0.05) is 25.3 Å². The third-order valence-corrected chi connectivity index (χ3v) is 3.61. The molecule has 1 aliphatic heterocycles. The van der Waals surface area contributed by atoms with Gasteiger partial charge in [-0.1, -0.05) is 30.3 Å². The molecule has 4 nitrogen and oxygen atoms in total. The molecule has 0 bridgehead atoms. The Kier molecular flexibility index (Phi) is 4.42. The Morgan fingerprint density at radius 2 is 2.19 bits per heavy atom. The van der Waals surface area contributed by atoms with Crippen molar-refractivity contribution in [2.45, 2.75) is 37.4 Å². The number of nitrogens with two attached hydrogens (primary N) is 1. The Bertz CT molecular complexity index is 359. The fourth-order valence-corrected chi connectivity index (χ4v) is 2.68. The summed E-state index contributed by atoms with van der Waals surface area (Å²) in [6.45, 7) is 1.68. The lowest BCUT2D eigenvalue weighted by atomic mass is 10.2. The highest BCUT2D eigenvalue weighted by Gasteiger charge is 2.13. The van der Waals surface area contributed by atoms with Crippen LogP contribution >= 0.6 is 11.8 Å². The van der Waals surface area contributed by atoms with Crippen molar-refractivity contribution in [1.82, 2.24) is 14.8 Å². The van der Waals surface area contributed by atoms with Crippen LogP contribution in [0.25, 0.3) is 0 Å². The molecule has 1 aliphatic rings. The van der Waals surface area contributed by atoms with E-state index in [2.05, 4.69) is 20.8 Å². The van der Waals surface area contributed by atoms with Crippen LogP contribution in [0.3, 0.4) is 0 Å². The van der Waals surface area contributed by atoms with Gasteiger partial charge >= 0.3 is 0 Å². The lowest BCUT2D eigenvalue weighted by Gasteiger charge is -2.04. The molecule has 1 aromatic heterocycles. The normalized spacial score (nSPS) is 16.3. The topological polar surface area (TPSA) is 56.7 Å². The lowest BCUT2D eigenvalue weighted by molar-refractivity contribution is 0.591. The van der Waals surface area contributed by atoms with Crippen LogP contribution in [0.15, 0.2) is 17.3 Å². The minimum Gasteiger partial charge on any atom is -0.327 e. The molecule has 16 heavy (non-hydrogen) atoms. The second-order valence-corrected chi connectivity index (χ2v) is 4.87. The highest BCUT2D eigenvalue weighted by Crippen LogP contribution is 2.21. The highest BCUT2D eigenvalue weighted by atomic mass is 32.2. The standard InChI is InChI=1S/C11H18N4S/c12-7-3-5-9-16-11-14-13-10-6-2-1-4-8-15(10)11/h3,5H,1-2,4,6-9,12H2. The van der Waals surface area contributed by atoms with Crippen LogP contribution in [-0.2, 0) is 13.0 Å². The second kappa shape index (κ2) is 6.06. The molecular weight excluding hydrogens is 220 g/mol. The van der Waals surface area contributed by atoms with Crippen LogP contribution in [0.5, 0.6) is 0 Å². The van der Waals surface area contributed by atoms with Gasteiger partial charge in [-0.25, -0.2) is 0 Å². The van der Waals surface area contributed by atoms with Crippen molar-refractivity contribution in [3.05, 3.63) is 18.0 Å². The van der Waals surface area contributed by atoms with Crippen molar-refractivity contribution in [3.8, 4) is 0 Å². The number of aryl methyl sites for hydroxylation is 1. The average molecular weight is 238 g/mol. The second-order valence-electron chi connectivity index (χ2n) is 3.88. The van der Waals surface area contributed by atoms with E-state index in [1.165, 1.54) is 19.3 Å². The molecule has 0 aliphatic carbocycles. The quantitative estimate of drug-likeness (QED) is 0.639. The molecule has 0 spiro atoms. The Hall–Kier alpha value is -0.810. The predicted octanol–water partition coefficient (Wildman–Crippen LogP) is 1.61. The minimum absolute atomic E-state index is 0.610. The summed E-state index contributed by atoms with van der Waals surface area (Å²) < 4.78 is 2.27. The Morgan fingerprint density at radius 1 is 1.25 bits per heavy atom. The summed E-state index contributed by atoms with van der Waals surface area (Å²) in [5, 5.41) is 9.56. The first kappa shape index (κ1) is 11.7. The Labute approximate surface area is 100 Å². The summed E-state index contributed by atoms with van der Waals surface area (Å²) in [6.07, 6.45) is 8.94. The Morgan fingerprint density at radius 3 is 3.06 bits per heavy atom. The first-order valence-electron chi connectivity index (χ1n) is 5.82. The molecule has 1 aromatic rings. The number of hydrogen-bond acceptors (Lipinski definition) is 4. The lowest BCUT2D eigenvalue weighted by Crippen LogP contribution is -2.02. The molecule has 0 fully saturated rings. The van der Waals surface area contributed by atoms with Gasteiger partial charge in [0.2, 0.25) is 0 Å². The van der Waals surface area contributed by atoms with Gasteiger partial charge in [-0.2, -0.15) is 0 Å². The molecule has 0 radical (unpaired) electrons. The number of hydrogen-bond donors (Lipinski definition) is 1. The summed E-state index contributed by atoms with van der Waals surface area (Å²) in [6, 6.07) is 0. The summed E-state index contributed by atoms with van der Waals surface area (Å²) >= 11 is 1.74. The van der Waals surface area contributed by atoms with Crippen molar-refractivity contribution in [3.63, 3.8) is 0 Å². The fraction of sp³-hybridized carbons (Fsp3) is 0.636. The molecule has 0 unspecified atom stereocenters. The molecule has 0 saturated carbocycles. The van der Waals surface area contributed by atoms with E-state index in [1.54, 1.807) is 11.8 Å². The number of aromatic nitrogens is 3. The smallest absolute Gasteiger partial charge is 0.191 e. The number of fused-ring (bicyclic) bond motifs is 1. The van der Waals surface area contributed by atoms with Gasteiger partial charge in [0.05, 0.1) is 0 Å². The zero-order chi connectivity index (χ0) is 11.2. The van der Waals surface area contributed by atoms with Crippen LogP contribution in [0, 0.1) is 0 Å². The first-order chi connectivity index (χ1) is 7.92. The van der Waals surface area contributed by atoms with Gasteiger partial charge in [-0.05, 0) is 12.8 Å². The molecule has 0 atom stereocenters. The van der Waals surface area contributed by atoms with E-state index in [9.17, 15) is 0 Å². The molecule has 0 aromatic carbocycles. The maximum Gasteiger partial charge on any atom is 0.191 e. The number of rotatable bonds is 4. The third kappa shape index (κ3) is 2.86. The third-order valence-electron chi connectivity index (χ3n) is 2.69. The van der Waals surface area contributed by atoms with Crippen molar-refractivity contribution < 1.29 is 0 Å². The average Bonchev–Trinajstić information content (AvgIpc) is 2.54. The molecule has 88 valence electrons. The van der Waals surface area contributed by atoms with Gasteiger partial charge in [-0.3, -0.25) is 0 Å². The summed E-state index contributed by atoms with van der Waals surface area (Å²) in [5.74, 6) is 2.08. The van der Waals surface area contributed by atoms with Crippen LogP contribution in [0.1, 0.15) is 25.1 Å².